The number of aromatic nitrogens is 1. The standard InChI is InChI=1S/C18H13BrN2O4/c19-11-4-3-5-12(8-11)20-17(23)10-25-18(24)14-9-16(22)21-15-7-2-1-6-13(14)15/h1-9H,10H2,(H,20,23)(H,21,22). The number of hydrogen-bond acceptors (Lipinski definition) is 4. The Morgan fingerprint density at radius 2 is 1.88 bits per heavy atom. The van der Waals surface area contributed by atoms with Crippen LogP contribution >= 0.6 is 15.9 Å². The molecule has 0 bridgehead atoms. The normalized spacial score (nSPS) is 10.4. The molecular formula is C18H13BrN2O4. The molecule has 1 amide bonds. The maximum Gasteiger partial charge on any atom is 0.339 e. The molecule has 1 aromatic heterocycles. The van der Waals surface area contributed by atoms with Crippen LogP contribution in [0.15, 0.2) is 63.9 Å². The molecule has 0 spiro atoms. The Labute approximate surface area is 151 Å². The van der Waals surface area contributed by atoms with Crippen molar-refractivity contribution in [3.63, 3.8) is 0 Å². The summed E-state index contributed by atoms with van der Waals surface area (Å²) in [6.07, 6.45) is 0. The van der Waals surface area contributed by atoms with Crippen LogP contribution in [0, 0.1) is 0 Å². The van der Waals surface area contributed by atoms with Crippen molar-refractivity contribution < 1.29 is 14.3 Å². The number of para-hydroxylation sites is 1. The van der Waals surface area contributed by atoms with Gasteiger partial charge in [-0.3, -0.25) is 9.59 Å². The number of carbonyl (C=O) groups is 2. The van der Waals surface area contributed by atoms with E-state index in [1.165, 1.54) is 0 Å². The lowest BCUT2D eigenvalue weighted by molar-refractivity contribution is -0.119. The summed E-state index contributed by atoms with van der Waals surface area (Å²) in [6, 6.07) is 15.1. The highest BCUT2D eigenvalue weighted by Gasteiger charge is 2.15. The molecule has 0 aliphatic carbocycles. The monoisotopic (exact) mass is 400 g/mol. The lowest BCUT2D eigenvalue weighted by Crippen LogP contribution is -2.21. The predicted molar refractivity (Wildman–Crippen MR) is 97.6 cm³/mol. The number of aromatic amines is 1. The molecule has 3 aromatic rings. The molecule has 0 aliphatic rings. The fourth-order valence-electron chi connectivity index (χ4n) is 2.35. The Kier molecular flexibility index (Phi) is 4.95. The second-order valence-corrected chi connectivity index (χ2v) is 6.14. The fourth-order valence-corrected chi connectivity index (χ4v) is 2.74. The van der Waals surface area contributed by atoms with Crippen LogP contribution in [0.1, 0.15) is 10.4 Å². The van der Waals surface area contributed by atoms with Crippen LogP contribution in [0.25, 0.3) is 10.9 Å². The van der Waals surface area contributed by atoms with Crippen LogP contribution in [0.2, 0.25) is 0 Å². The summed E-state index contributed by atoms with van der Waals surface area (Å²) in [7, 11) is 0. The first kappa shape index (κ1) is 16.9. The molecule has 25 heavy (non-hydrogen) atoms. The van der Waals surface area contributed by atoms with E-state index in [-0.39, 0.29) is 5.56 Å². The average Bonchev–Trinajstić information content (AvgIpc) is 2.59. The topological polar surface area (TPSA) is 88.3 Å². The number of amides is 1. The van der Waals surface area contributed by atoms with Gasteiger partial charge in [-0.05, 0) is 24.3 Å². The van der Waals surface area contributed by atoms with E-state index in [9.17, 15) is 14.4 Å². The zero-order valence-electron chi connectivity index (χ0n) is 12.9. The maximum atomic E-state index is 12.3. The molecule has 3 rings (SSSR count). The van der Waals surface area contributed by atoms with Crippen LogP contribution in [0.3, 0.4) is 0 Å². The van der Waals surface area contributed by atoms with Crippen LogP contribution < -0.4 is 10.9 Å². The highest BCUT2D eigenvalue weighted by molar-refractivity contribution is 9.10. The quantitative estimate of drug-likeness (QED) is 0.658. The van der Waals surface area contributed by atoms with E-state index >= 15 is 0 Å². The summed E-state index contributed by atoms with van der Waals surface area (Å²) in [6.45, 7) is -0.452. The van der Waals surface area contributed by atoms with Gasteiger partial charge >= 0.3 is 5.97 Å². The SMILES string of the molecule is O=C(COC(=O)c1cc(=O)[nH]c2ccccc12)Nc1cccc(Br)c1. The molecule has 6 nitrogen and oxygen atoms in total. The third-order valence-electron chi connectivity index (χ3n) is 3.41. The van der Waals surface area contributed by atoms with Crippen molar-refractivity contribution >= 4 is 44.4 Å². The van der Waals surface area contributed by atoms with Crippen molar-refractivity contribution in [2.75, 3.05) is 11.9 Å². The van der Waals surface area contributed by atoms with Crippen LogP contribution in [-0.2, 0) is 9.53 Å². The van der Waals surface area contributed by atoms with Gasteiger partial charge in [0.05, 0.1) is 5.56 Å². The zero-order chi connectivity index (χ0) is 17.8. The summed E-state index contributed by atoms with van der Waals surface area (Å²) in [4.78, 5) is 38.5. The number of H-pyrrole nitrogens is 1. The number of fused-ring (bicyclic) bond motifs is 1. The predicted octanol–water partition coefficient (Wildman–Crippen LogP) is 3.09. The Balaban J connectivity index is 1.71. The molecule has 0 unspecified atom stereocenters. The third kappa shape index (κ3) is 4.13. The van der Waals surface area contributed by atoms with Gasteiger partial charge < -0.3 is 15.0 Å². The summed E-state index contributed by atoms with van der Waals surface area (Å²) in [5, 5.41) is 3.18. The van der Waals surface area contributed by atoms with Crippen LogP contribution in [0.5, 0.6) is 0 Å². The summed E-state index contributed by atoms with van der Waals surface area (Å²) in [5.41, 5.74) is 0.816. The Hall–Kier alpha value is -2.93. The second-order valence-electron chi connectivity index (χ2n) is 5.23. The molecule has 0 fully saturated rings. The Bertz CT molecular complexity index is 1010. The maximum absolute atomic E-state index is 12.3. The number of benzene rings is 2. The second kappa shape index (κ2) is 7.31. The Morgan fingerprint density at radius 3 is 2.68 bits per heavy atom. The molecule has 7 heteroatoms. The average molecular weight is 401 g/mol. The van der Waals surface area contributed by atoms with Crippen LogP contribution in [0.4, 0.5) is 5.69 Å². The molecule has 0 radical (unpaired) electrons. The number of hydrogen-bond donors (Lipinski definition) is 2. The van der Waals surface area contributed by atoms with Crippen LogP contribution in [-0.4, -0.2) is 23.5 Å². The highest BCUT2D eigenvalue weighted by atomic mass is 79.9. The number of nitrogens with one attached hydrogen (secondary N) is 2. The van der Waals surface area contributed by atoms with E-state index in [2.05, 4.69) is 26.2 Å². The van der Waals surface area contributed by atoms with Crippen molar-refractivity contribution in [3.05, 3.63) is 75.0 Å². The Morgan fingerprint density at radius 1 is 1.08 bits per heavy atom. The van der Waals surface area contributed by atoms with Crippen molar-refractivity contribution in [2.24, 2.45) is 0 Å². The number of carbonyl (C=O) groups excluding carboxylic acids is 2. The first-order valence-corrected chi connectivity index (χ1v) is 8.17. The lowest BCUT2D eigenvalue weighted by atomic mass is 10.1. The summed E-state index contributed by atoms with van der Waals surface area (Å²) < 4.78 is 5.86. The summed E-state index contributed by atoms with van der Waals surface area (Å²) >= 11 is 3.31. The molecule has 2 N–H and O–H groups in total. The van der Waals surface area contributed by atoms with Gasteiger partial charge in [-0.1, -0.05) is 40.2 Å². The van der Waals surface area contributed by atoms with E-state index in [1.807, 2.05) is 6.07 Å². The molecule has 2 aromatic carbocycles. The number of anilines is 1. The molecule has 1 heterocycles. The highest BCUT2D eigenvalue weighted by Crippen LogP contribution is 2.17. The van der Waals surface area contributed by atoms with Gasteiger partial charge in [0.15, 0.2) is 6.61 Å². The molecular weight excluding hydrogens is 388 g/mol. The number of esters is 1. The van der Waals surface area contributed by atoms with Gasteiger partial charge in [0, 0.05) is 27.1 Å². The molecule has 0 saturated carbocycles. The minimum atomic E-state index is -0.730. The molecule has 0 aliphatic heterocycles. The lowest BCUT2D eigenvalue weighted by Gasteiger charge is -2.08. The van der Waals surface area contributed by atoms with Gasteiger partial charge in [-0.25, -0.2) is 4.79 Å². The fraction of sp³-hybridized carbons (Fsp3) is 0.0556. The molecule has 0 atom stereocenters. The van der Waals surface area contributed by atoms with Crippen molar-refractivity contribution in [1.29, 1.82) is 0 Å². The largest absolute Gasteiger partial charge is 0.452 e. The van der Waals surface area contributed by atoms with E-state index in [0.717, 1.165) is 10.5 Å². The summed E-state index contributed by atoms with van der Waals surface area (Å²) in [5.74, 6) is -1.20. The smallest absolute Gasteiger partial charge is 0.339 e. The number of ether oxygens (including phenoxy) is 1. The van der Waals surface area contributed by atoms with E-state index in [0.29, 0.717) is 16.6 Å². The van der Waals surface area contributed by atoms with Crippen molar-refractivity contribution in [2.45, 2.75) is 0 Å². The molecule has 0 saturated heterocycles. The van der Waals surface area contributed by atoms with E-state index < -0.39 is 24.0 Å². The van der Waals surface area contributed by atoms with E-state index in [1.54, 1.807) is 42.5 Å². The first-order valence-electron chi connectivity index (χ1n) is 7.37. The van der Waals surface area contributed by atoms with Gasteiger partial charge in [-0.2, -0.15) is 0 Å². The minimum Gasteiger partial charge on any atom is -0.452 e. The van der Waals surface area contributed by atoms with Gasteiger partial charge in [0.1, 0.15) is 0 Å². The minimum absolute atomic E-state index is 0.120. The van der Waals surface area contributed by atoms with Crippen molar-refractivity contribution in [1.82, 2.24) is 4.98 Å². The van der Waals surface area contributed by atoms with Gasteiger partial charge in [0.25, 0.3) is 5.91 Å². The van der Waals surface area contributed by atoms with E-state index in [4.69, 9.17) is 4.74 Å². The number of halogens is 1. The molecule has 126 valence electrons. The number of rotatable bonds is 4. The van der Waals surface area contributed by atoms with Gasteiger partial charge in [-0.15, -0.1) is 0 Å². The van der Waals surface area contributed by atoms with Gasteiger partial charge in [0.2, 0.25) is 5.56 Å². The number of pyridine rings is 1. The third-order valence-corrected chi connectivity index (χ3v) is 3.91. The zero-order valence-corrected chi connectivity index (χ0v) is 14.5. The first-order chi connectivity index (χ1) is 12.0. The van der Waals surface area contributed by atoms with Crippen molar-refractivity contribution in [3.8, 4) is 0 Å².